The number of amides is 1. The molecule has 1 aliphatic heterocycles. The molecule has 2 aliphatic rings. The number of carbonyl (C=O) groups is 1. The Morgan fingerprint density at radius 1 is 1.24 bits per heavy atom. The summed E-state index contributed by atoms with van der Waals surface area (Å²) in [6, 6.07) is 7.11. The number of aromatic nitrogens is 2. The van der Waals surface area contributed by atoms with E-state index < -0.39 is 0 Å². The average molecular weight is 304 g/mol. The molecule has 1 aromatic carbocycles. The van der Waals surface area contributed by atoms with E-state index in [9.17, 15) is 4.79 Å². The second-order valence-corrected chi connectivity index (χ2v) is 6.06. The lowest BCUT2D eigenvalue weighted by atomic mass is 9.98. The highest BCUT2D eigenvalue weighted by Crippen LogP contribution is 2.39. The van der Waals surface area contributed by atoms with Crippen LogP contribution in [0.15, 0.2) is 28.8 Å². The van der Waals surface area contributed by atoms with E-state index in [4.69, 9.17) is 16.1 Å². The van der Waals surface area contributed by atoms with Crippen molar-refractivity contribution in [2.24, 2.45) is 0 Å². The average Bonchev–Trinajstić information content (AvgIpc) is 3.17. The molecular weight excluding hydrogens is 290 g/mol. The Kier molecular flexibility index (Phi) is 2.96. The standard InChI is InChI=1S/C15H14ClN3O2/c16-12-4-2-1-3-11(12)15(20)19-7-10(8-19)14-17-13(18-21-14)9-5-6-9/h1-4,9-10H,5-8H2. The molecule has 1 aromatic heterocycles. The molecule has 2 heterocycles. The van der Waals surface area contributed by atoms with E-state index >= 15 is 0 Å². The van der Waals surface area contributed by atoms with Crippen LogP contribution in [0.4, 0.5) is 0 Å². The van der Waals surface area contributed by atoms with Gasteiger partial charge in [0, 0.05) is 19.0 Å². The van der Waals surface area contributed by atoms with Gasteiger partial charge in [0.2, 0.25) is 5.89 Å². The molecule has 0 unspecified atom stereocenters. The van der Waals surface area contributed by atoms with Crippen LogP contribution in [0, 0.1) is 0 Å². The highest BCUT2D eigenvalue weighted by atomic mass is 35.5. The van der Waals surface area contributed by atoms with Crippen molar-refractivity contribution >= 4 is 17.5 Å². The van der Waals surface area contributed by atoms with Crippen LogP contribution in [0.25, 0.3) is 0 Å². The van der Waals surface area contributed by atoms with E-state index in [2.05, 4.69) is 10.1 Å². The number of hydrogen-bond acceptors (Lipinski definition) is 4. The molecule has 2 aromatic rings. The molecule has 21 heavy (non-hydrogen) atoms. The number of halogens is 1. The van der Waals surface area contributed by atoms with Gasteiger partial charge in [0.05, 0.1) is 16.5 Å². The summed E-state index contributed by atoms with van der Waals surface area (Å²) < 4.78 is 5.30. The summed E-state index contributed by atoms with van der Waals surface area (Å²) in [7, 11) is 0. The van der Waals surface area contributed by atoms with Crippen molar-refractivity contribution in [2.75, 3.05) is 13.1 Å². The van der Waals surface area contributed by atoms with Crippen LogP contribution < -0.4 is 0 Å². The molecule has 0 spiro atoms. The maximum absolute atomic E-state index is 12.3. The Morgan fingerprint density at radius 3 is 2.71 bits per heavy atom. The highest BCUT2D eigenvalue weighted by molar-refractivity contribution is 6.33. The normalized spacial score (nSPS) is 18.6. The van der Waals surface area contributed by atoms with Crippen molar-refractivity contribution in [3.63, 3.8) is 0 Å². The summed E-state index contributed by atoms with van der Waals surface area (Å²) >= 11 is 6.05. The van der Waals surface area contributed by atoms with E-state index in [1.807, 2.05) is 12.1 Å². The van der Waals surface area contributed by atoms with Gasteiger partial charge in [-0.25, -0.2) is 0 Å². The molecule has 1 saturated heterocycles. The highest BCUT2D eigenvalue weighted by Gasteiger charge is 2.38. The molecule has 1 aliphatic carbocycles. The second kappa shape index (κ2) is 4.84. The van der Waals surface area contributed by atoms with E-state index in [1.165, 1.54) is 0 Å². The minimum atomic E-state index is -0.0428. The van der Waals surface area contributed by atoms with E-state index in [0.717, 1.165) is 18.7 Å². The van der Waals surface area contributed by atoms with Gasteiger partial charge < -0.3 is 9.42 Å². The van der Waals surface area contributed by atoms with Gasteiger partial charge in [0.1, 0.15) is 0 Å². The number of likely N-dealkylation sites (tertiary alicyclic amines) is 1. The molecule has 4 rings (SSSR count). The lowest BCUT2D eigenvalue weighted by molar-refractivity contribution is 0.0569. The first kappa shape index (κ1) is 12.8. The van der Waals surface area contributed by atoms with Crippen LogP contribution in [-0.2, 0) is 0 Å². The molecular formula is C15H14ClN3O2. The third-order valence-electron chi connectivity index (χ3n) is 4.02. The van der Waals surface area contributed by atoms with Crippen molar-refractivity contribution in [1.29, 1.82) is 0 Å². The summed E-state index contributed by atoms with van der Waals surface area (Å²) in [4.78, 5) is 18.5. The summed E-state index contributed by atoms with van der Waals surface area (Å²) in [5.41, 5.74) is 0.543. The van der Waals surface area contributed by atoms with Crippen LogP contribution in [0.2, 0.25) is 5.02 Å². The fourth-order valence-electron chi connectivity index (χ4n) is 2.53. The first-order valence-electron chi connectivity index (χ1n) is 7.09. The minimum absolute atomic E-state index is 0.0428. The smallest absolute Gasteiger partial charge is 0.255 e. The molecule has 0 N–H and O–H groups in total. The van der Waals surface area contributed by atoms with Gasteiger partial charge in [-0.3, -0.25) is 4.79 Å². The quantitative estimate of drug-likeness (QED) is 0.875. The summed E-state index contributed by atoms with van der Waals surface area (Å²) in [5.74, 6) is 2.07. The summed E-state index contributed by atoms with van der Waals surface area (Å²) in [6.45, 7) is 1.21. The molecule has 0 bridgehead atoms. The first-order chi connectivity index (χ1) is 10.2. The fraction of sp³-hybridized carbons (Fsp3) is 0.400. The van der Waals surface area contributed by atoms with Crippen LogP contribution in [0.1, 0.15) is 46.8 Å². The molecule has 1 amide bonds. The van der Waals surface area contributed by atoms with Gasteiger partial charge in [-0.1, -0.05) is 28.9 Å². The van der Waals surface area contributed by atoms with Crippen molar-refractivity contribution in [3.05, 3.63) is 46.6 Å². The van der Waals surface area contributed by atoms with Crippen molar-refractivity contribution in [2.45, 2.75) is 24.7 Å². The maximum Gasteiger partial charge on any atom is 0.255 e. The van der Waals surface area contributed by atoms with Crippen LogP contribution in [-0.4, -0.2) is 34.0 Å². The zero-order valence-corrected chi connectivity index (χ0v) is 12.1. The fourth-order valence-corrected chi connectivity index (χ4v) is 2.74. The lowest BCUT2D eigenvalue weighted by Crippen LogP contribution is -2.48. The number of benzene rings is 1. The van der Waals surface area contributed by atoms with Gasteiger partial charge >= 0.3 is 0 Å². The predicted octanol–water partition coefficient (Wildman–Crippen LogP) is 2.84. The zero-order valence-electron chi connectivity index (χ0n) is 11.3. The van der Waals surface area contributed by atoms with Crippen LogP contribution in [0.5, 0.6) is 0 Å². The molecule has 1 saturated carbocycles. The Labute approximate surface area is 126 Å². The largest absolute Gasteiger partial charge is 0.339 e. The van der Waals surface area contributed by atoms with Gasteiger partial charge in [-0.2, -0.15) is 4.98 Å². The first-order valence-corrected chi connectivity index (χ1v) is 7.47. The van der Waals surface area contributed by atoms with Gasteiger partial charge in [0.15, 0.2) is 5.82 Å². The Bertz CT molecular complexity index is 690. The zero-order chi connectivity index (χ0) is 14.4. The van der Waals surface area contributed by atoms with E-state index in [1.54, 1.807) is 17.0 Å². The molecule has 0 radical (unpaired) electrons. The Hall–Kier alpha value is -1.88. The molecule has 108 valence electrons. The van der Waals surface area contributed by atoms with Gasteiger partial charge in [-0.15, -0.1) is 0 Å². The second-order valence-electron chi connectivity index (χ2n) is 5.65. The van der Waals surface area contributed by atoms with Crippen molar-refractivity contribution in [3.8, 4) is 0 Å². The molecule has 2 fully saturated rings. The third kappa shape index (κ3) is 2.31. The Morgan fingerprint density at radius 2 is 2.00 bits per heavy atom. The minimum Gasteiger partial charge on any atom is -0.339 e. The number of carbonyl (C=O) groups excluding carboxylic acids is 1. The SMILES string of the molecule is O=C(c1ccccc1Cl)N1CC(c2nc(C3CC3)no2)C1. The predicted molar refractivity (Wildman–Crippen MR) is 76.4 cm³/mol. The van der Waals surface area contributed by atoms with E-state index in [-0.39, 0.29) is 11.8 Å². The Balaban J connectivity index is 1.42. The summed E-state index contributed by atoms with van der Waals surface area (Å²) in [5, 5.41) is 4.50. The molecule has 0 atom stereocenters. The lowest BCUT2D eigenvalue weighted by Gasteiger charge is -2.37. The van der Waals surface area contributed by atoms with E-state index in [0.29, 0.717) is 35.5 Å². The topological polar surface area (TPSA) is 59.2 Å². The van der Waals surface area contributed by atoms with Gasteiger partial charge in [0.25, 0.3) is 5.91 Å². The third-order valence-corrected chi connectivity index (χ3v) is 4.35. The van der Waals surface area contributed by atoms with Gasteiger partial charge in [-0.05, 0) is 25.0 Å². The van der Waals surface area contributed by atoms with Crippen LogP contribution >= 0.6 is 11.6 Å². The number of hydrogen-bond donors (Lipinski definition) is 0. The van der Waals surface area contributed by atoms with Crippen molar-refractivity contribution in [1.82, 2.24) is 15.0 Å². The van der Waals surface area contributed by atoms with Crippen molar-refractivity contribution < 1.29 is 9.32 Å². The number of rotatable bonds is 3. The number of nitrogens with zero attached hydrogens (tertiary/aromatic N) is 3. The molecule has 5 nitrogen and oxygen atoms in total. The van der Waals surface area contributed by atoms with Crippen LogP contribution in [0.3, 0.4) is 0 Å². The summed E-state index contributed by atoms with van der Waals surface area (Å²) in [6.07, 6.45) is 2.31. The maximum atomic E-state index is 12.3. The molecule has 6 heteroatoms. The monoisotopic (exact) mass is 303 g/mol.